The normalized spacial score (nSPS) is 26.0. The first kappa shape index (κ1) is 9.03. The highest BCUT2D eigenvalue weighted by atomic mass is 16.5. The molecule has 1 aliphatic rings. The Bertz CT molecular complexity index is 236. The van der Waals surface area contributed by atoms with Crippen molar-refractivity contribution in [3.8, 4) is 0 Å². The summed E-state index contributed by atoms with van der Waals surface area (Å²) in [7, 11) is 0. The van der Waals surface area contributed by atoms with Crippen LogP contribution in [0.4, 0.5) is 0 Å². The average molecular weight is 170 g/mol. The Hall–Kier alpha value is -1.06. The van der Waals surface area contributed by atoms with Crippen molar-refractivity contribution in [2.75, 3.05) is 0 Å². The van der Waals surface area contributed by atoms with Crippen LogP contribution in [0.5, 0.6) is 0 Å². The minimum absolute atomic E-state index is 0.725. The largest absolute Gasteiger partial charge is 0.623 e. The second-order valence-corrected chi connectivity index (χ2v) is 4.22. The SMILES string of the molecule is CC1(C)C=[N+]([O-])C(C)(C)C=[N+]1[O-]. The van der Waals surface area contributed by atoms with Crippen LogP contribution in [0.2, 0.25) is 0 Å². The lowest BCUT2D eigenvalue weighted by Crippen LogP contribution is -2.51. The Morgan fingerprint density at radius 3 is 1.33 bits per heavy atom. The molecule has 0 fully saturated rings. The molecule has 0 aromatic carbocycles. The summed E-state index contributed by atoms with van der Waals surface area (Å²) in [4.78, 5) is 0. The van der Waals surface area contributed by atoms with E-state index in [1.807, 2.05) is 0 Å². The third-order valence-electron chi connectivity index (χ3n) is 2.00. The van der Waals surface area contributed by atoms with Crippen LogP contribution in [0.3, 0.4) is 0 Å². The van der Waals surface area contributed by atoms with Gasteiger partial charge in [-0.25, -0.2) is 0 Å². The minimum atomic E-state index is -0.725. The summed E-state index contributed by atoms with van der Waals surface area (Å²) < 4.78 is 1.64. The van der Waals surface area contributed by atoms with Crippen molar-refractivity contribution < 1.29 is 9.48 Å². The van der Waals surface area contributed by atoms with Gasteiger partial charge in [0, 0.05) is 27.7 Å². The molecule has 0 unspecified atom stereocenters. The lowest BCUT2D eigenvalue weighted by atomic mass is 10.0. The molecule has 0 aliphatic carbocycles. The molecule has 1 heterocycles. The van der Waals surface area contributed by atoms with E-state index in [-0.39, 0.29) is 0 Å². The molecule has 68 valence electrons. The van der Waals surface area contributed by atoms with Crippen LogP contribution in [0, 0.1) is 10.4 Å². The fraction of sp³-hybridized carbons (Fsp3) is 0.750. The first-order chi connectivity index (χ1) is 5.26. The number of hydrogen-bond donors (Lipinski definition) is 0. The molecular weight excluding hydrogens is 156 g/mol. The molecule has 0 saturated carbocycles. The van der Waals surface area contributed by atoms with E-state index >= 15 is 0 Å². The topological polar surface area (TPSA) is 52.1 Å². The van der Waals surface area contributed by atoms with Gasteiger partial charge >= 0.3 is 0 Å². The van der Waals surface area contributed by atoms with Crippen LogP contribution in [-0.4, -0.2) is 33.0 Å². The summed E-state index contributed by atoms with van der Waals surface area (Å²) in [5.41, 5.74) is -1.45. The zero-order chi connectivity index (χ0) is 9.57. The Labute approximate surface area is 72.0 Å². The summed E-state index contributed by atoms with van der Waals surface area (Å²) in [6, 6.07) is 0. The van der Waals surface area contributed by atoms with Gasteiger partial charge in [0.05, 0.1) is 0 Å². The van der Waals surface area contributed by atoms with Gasteiger partial charge in [0.1, 0.15) is 0 Å². The molecule has 0 amide bonds. The number of rotatable bonds is 0. The van der Waals surface area contributed by atoms with Crippen LogP contribution in [0.25, 0.3) is 0 Å². The molecule has 0 spiro atoms. The van der Waals surface area contributed by atoms with E-state index in [0.29, 0.717) is 0 Å². The fourth-order valence-electron chi connectivity index (χ4n) is 1.02. The minimum Gasteiger partial charge on any atom is -0.623 e. The maximum absolute atomic E-state index is 11.3. The fourth-order valence-corrected chi connectivity index (χ4v) is 1.02. The van der Waals surface area contributed by atoms with Crippen molar-refractivity contribution in [1.29, 1.82) is 0 Å². The Balaban J connectivity index is 3.13. The van der Waals surface area contributed by atoms with E-state index in [0.717, 1.165) is 9.48 Å². The van der Waals surface area contributed by atoms with Crippen molar-refractivity contribution in [2.45, 2.75) is 38.8 Å². The number of nitrogens with zero attached hydrogens (tertiary/aromatic N) is 2. The molecule has 4 heteroatoms. The molecule has 4 nitrogen and oxygen atoms in total. The van der Waals surface area contributed by atoms with Gasteiger partial charge in [0.2, 0.25) is 23.5 Å². The van der Waals surface area contributed by atoms with E-state index in [1.165, 1.54) is 12.4 Å². The molecular formula is C8H14N2O2. The second kappa shape index (κ2) is 2.21. The van der Waals surface area contributed by atoms with E-state index in [9.17, 15) is 10.4 Å². The van der Waals surface area contributed by atoms with Crippen molar-refractivity contribution in [1.82, 2.24) is 0 Å². The zero-order valence-electron chi connectivity index (χ0n) is 7.87. The lowest BCUT2D eigenvalue weighted by Gasteiger charge is -2.29. The predicted octanol–water partition coefficient (Wildman–Crippen LogP) is 0.719. The monoisotopic (exact) mass is 170 g/mol. The van der Waals surface area contributed by atoms with Gasteiger partial charge in [-0.3, -0.25) is 0 Å². The first-order valence-electron chi connectivity index (χ1n) is 3.91. The van der Waals surface area contributed by atoms with Crippen molar-refractivity contribution >= 4 is 12.4 Å². The van der Waals surface area contributed by atoms with E-state index in [4.69, 9.17) is 0 Å². The molecule has 0 atom stereocenters. The van der Waals surface area contributed by atoms with Crippen molar-refractivity contribution in [2.24, 2.45) is 0 Å². The lowest BCUT2D eigenvalue weighted by molar-refractivity contribution is -0.589. The van der Waals surface area contributed by atoms with Crippen LogP contribution in [0.15, 0.2) is 0 Å². The molecule has 0 aromatic heterocycles. The molecule has 0 saturated heterocycles. The Morgan fingerprint density at radius 2 is 1.08 bits per heavy atom. The van der Waals surface area contributed by atoms with Gasteiger partial charge in [-0.15, -0.1) is 0 Å². The quantitative estimate of drug-likeness (QED) is 0.397. The summed E-state index contributed by atoms with van der Waals surface area (Å²) in [6.45, 7) is 6.82. The van der Waals surface area contributed by atoms with Crippen molar-refractivity contribution in [3.63, 3.8) is 0 Å². The highest BCUT2D eigenvalue weighted by molar-refractivity contribution is 5.71. The third kappa shape index (κ3) is 1.29. The van der Waals surface area contributed by atoms with E-state index in [1.54, 1.807) is 27.7 Å². The first-order valence-corrected chi connectivity index (χ1v) is 3.91. The summed E-state index contributed by atoms with van der Waals surface area (Å²) in [5.74, 6) is 0. The molecule has 1 rings (SSSR count). The Kier molecular flexibility index (Phi) is 1.67. The van der Waals surface area contributed by atoms with Crippen LogP contribution in [0.1, 0.15) is 27.7 Å². The van der Waals surface area contributed by atoms with Gasteiger partial charge < -0.3 is 10.4 Å². The molecule has 1 aliphatic heterocycles. The van der Waals surface area contributed by atoms with Crippen LogP contribution >= 0.6 is 0 Å². The van der Waals surface area contributed by atoms with Gasteiger partial charge in [0.15, 0.2) is 0 Å². The smallest absolute Gasteiger partial charge is 0.243 e. The molecule has 12 heavy (non-hydrogen) atoms. The third-order valence-corrected chi connectivity index (χ3v) is 2.00. The highest BCUT2D eigenvalue weighted by Crippen LogP contribution is 2.15. The summed E-state index contributed by atoms with van der Waals surface area (Å²) in [6.07, 6.45) is 2.81. The predicted molar refractivity (Wildman–Crippen MR) is 47.5 cm³/mol. The van der Waals surface area contributed by atoms with E-state index in [2.05, 4.69) is 0 Å². The number of hydroxylamine groups is 2. The van der Waals surface area contributed by atoms with Gasteiger partial charge in [-0.05, 0) is 0 Å². The Morgan fingerprint density at radius 1 is 0.833 bits per heavy atom. The average Bonchev–Trinajstić information content (AvgIpc) is 1.82. The standard InChI is InChI=1S/C8H14N2O2/c1-7(2)5-10(12)8(3,4)6-9(7)11/h5-6H,1-4H3. The van der Waals surface area contributed by atoms with Gasteiger partial charge in [-0.1, -0.05) is 0 Å². The van der Waals surface area contributed by atoms with Crippen molar-refractivity contribution in [3.05, 3.63) is 10.4 Å². The van der Waals surface area contributed by atoms with Crippen LogP contribution < -0.4 is 0 Å². The number of hydrogen-bond acceptors (Lipinski definition) is 2. The molecule has 0 radical (unpaired) electrons. The summed E-state index contributed by atoms with van der Waals surface area (Å²) >= 11 is 0. The maximum atomic E-state index is 11.3. The molecule has 0 N–H and O–H groups in total. The zero-order valence-corrected chi connectivity index (χ0v) is 7.87. The van der Waals surface area contributed by atoms with Gasteiger partial charge in [-0.2, -0.15) is 9.48 Å². The van der Waals surface area contributed by atoms with E-state index < -0.39 is 11.1 Å². The van der Waals surface area contributed by atoms with Crippen LogP contribution in [-0.2, 0) is 0 Å². The maximum Gasteiger partial charge on any atom is 0.243 e. The highest BCUT2D eigenvalue weighted by Gasteiger charge is 2.41. The second-order valence-electron chi connectivity index (χ2n) is 4.22. The van der Waals surface area contributed by atoms with Gasteiger partial charge in [0.25, 0.3) is 0 Å². The molecule has 0 bridgehead atoms. The summed E-state index contributed by atoms with van der Waals surface area (Å²) in [5, 5.41) is 22.7. The molecule has 0 aromatic rings.